The Kier molecular flexibility index (Phi) is 4.84. The summed E-state index contributed by atoms with van der Waals surface area (Å²) in [6.07, 6.45) is 10.5. The minimum absolute atomic E-state index is 0.693. The highest BCUT2D eigenvalue weighted by molar-refractivity contribution is 7.14. The van der Waals surface area contributed by atoms with E-state index in [-0.39, 0.29) is 0 Å². The van der Waals surface area contributed by atoms with Crippen LogP contribution >= 0.6 is 34.0 Å². The summed E-state index contributed by atoms with van der Waals surface area (Å²) in [5.74, 6) is 0. The van der Waals surface area contributed by atoms with Gasteiger partial charge in [0.2, 0.25) is 0 Å². The van der Waals surface area contributed by atoms with Crippen molar-refractivity contribution in [2.24, 2.45) is 4.99 Å². The lowest BCUT2D eigenvalue weighted by atomic mass is 10.3. The zero-order valence-electron chi connectivity index (χ0n) is 14.7. The normalized spacial score (nSPS) is 12.2. The monoisotopic (exact) mass is 402 g/mol. The molecule has 0 aliphatic rings. The highest BCUT2D eigenvalue weighted by atomic mass is 32.1. The van der Waals surface area contributed by atoms with Crippen LogP contribution in [0.25, 0.3) is 10.3 Å². The molecule has 0 saturated heterocycles. The molecule has 6 nitrogen and oxygen atoms in total. The Morgan fingerprint density at radius 3 is 2.31 bits per heavy atom. The first-order valence-corrected chi connectivity index (χ1v) is 10.6. The van der Waals surface area contributed by atoms with E-state index in [0.29, 0.717) is 6.54 Å². The highest BCUT2D eigenvalue weighted by Crippen LogP contribution is 2.17. The van der Waals surface area contributed by atoms with Crippen LogP contribution in [0.1, 0.15) is 20.3 Å². The molecule has 0 amide bonds. The van der Waals surface area contributed by atoms with Crippen LogP contribution in [-0.2, 0) is 6.42 Å². The predicted molar refractivity (Wildman–Crippen MR) is 107 cm³/mol. The molecule has 0 spiro atoms. The first-order chi connectivity index (χ1) is 12.6. The Balaban J connectivity index is 1.50. The lowest BCUT2D eigenvalue weighted by molar-refractivity contribution is 0.870. The Hall–Kier alpha value is -2.10. The lowest BCUT2D eigenvalue weighted by Crippen LogP contribution is -2.12. The van der Waals surface area contributed by atoms with Gasteiger partial charge in [0.25, 0.3) is 0 Å². The number of aryl methyl sites for hydroxylation is 3. The molecule has 0 aliphatic carbocycles. The zero-order chi connectivity index (χ0) is 18.1. The van der Waals surface area contributed by atoms with Crippen molar-refractivity contribution in [3.05, 3.63) is 56.2 Å². The van der Waals surface area contributed by atoms with Gasteiger partial charge in [-0.05, 0) is 20.8 Å². The van der Waals surface area contributed by atoms with Crippen LogP contribution in [0, 0.1) is 20.8 Å². The standard InChI is InChI=1S/C17H18N6S3/c1-11-6-19-15(24-11)22-9-14(21-10-22)4-5-18-16-23(8-13(3)26-16)17-20-7-12(2)25-17/h6-10H,4-5H2,1-3H3. The molecule has 0 N–H and O–H groups in total. The van der Waals surface area contributed by atoms with E-state index in [0.717, 1.165) is 27.2 Å². The molecule has 0 radical (unpaired) electrons. The molecule has 0 bridgehead atoms. The third-order valence-electron chi connectivity index (χ3n) is 3.67. The van der Waals surface area contributed by atoms with Crippen molar-refractivity contribution in [1.82, 2.24) is 24.1 Å². The SMILES string of the molecule is Cc1cnc(-n2cnc(CCN=c3sc(C)cn3-c3ncc(C)s3)c2)s1. The van der Waals surface area contributed by atoms with Crippen LogP contribution in [0.4, 0.5) is 0 Å². The molecule has 4 rings (SSSR count). The summed E-state index contributed by atoms with van der Waals surface area (Å²) >= 11 is 5.03. The quantitative estimate of drug-likeness (QED) is 0.511. The van der Waals surface area contributed by atoms with E-state index in [1.807, 2.05) is 29.5 Å². The smallest absolute Gasteiger partial charge is 0.196 e. The van der Waals surface area contributed by atoms with Crippen LogP contribution in [0.3, 0.4) is 0 Å². The molecule has 0 atom stereocenters. The average Bonchev–Trinajstić information content (AvgIpc) is 3.36. The van der Waals surface area contributed by atoms with Crippen molar-refractivity contribution < 1.29 is 0 Å². The maximum absolute atomic E-state index is 4.78. The summed E-state index contributed by atoms with van der Waals surface area (Å²) in [6.45, 7) is 6.91. The first-order valence-electron chi connectivity index (χ1n) is 8.16. The minimum Gasteiger partial charge on any atom is -0.282 e. The fraction of sp³-hybridized carbons (Fsp3) is 0.294. The maximum atomic E-state index is 4.78. The van der Waals surface area contributed by atoms with Gasteiger partial charge in [0.1, 0.15) is 6.33 Å². The van der Waals surface area contributed by atoms with E-state index in [9.17, 15) is 0 Å². The third kappa shape index (κ3) is 3.69. The number of nitrogens with zero attached hydrogens (tertiary/aromatic N) is 6. The number of thiazole rings is 3. The van der Waals surface area contributed by atoms with Gasteiger partial charge in [-0.2, -0.15) is 0 Å². The van der Waals surface area contributed by atoms with E-state index < -0.39 is 0 Å². The van der Waals surface area contributed by atoms with Crippen LogP contribution < -0.4 is 4.80 Å². The highest BCUT2D eigenvalue weighted by Gasteiger charge is 2.07. The van der Waals surface area contributed by atoms with Crippen LogP contribution in [0.2, 0.25) is 0 Å². The van der Waals surface area contributed by atoms with Crippen molar-refractivity contribution in [3.63, 3.8) is 0 Å². The number of aromatic nitrogens is 5. The lowest BCUT2D eigenvalue weighted by Gasteiger charge is -1.96. The van der Waals surface area contributed by atoms with Gasteiger partial charge in [0.15, 0.2) is 15.1 Å². The van der Waals surface area contributed by atoms with Crippen molar-refractivity contribution in [2.75, 3.05) is 6.54 Å². The van der Waals surface area contributed by atoms with E-state index in [4.69, 9.17) is 4.99 Å². The van der Waals surface area contributed by atoms with Crippen LogP contribution in [0.5, 0.6) is 0 Å². The van der Waals surface area contributed by atoms with Crippen molar-refractivity contribution >= 4 is 34.0 Å². The maximum Gasteiger partial charge on any atom is 0.196 e. The third-order valence-corrected chi connectivity index (χ3v) is 6.44. The molecule has 0 unspecified atom stereocenters. The van der Waals surface area contributed by atoms with Gasteiger partial charge in [-0.15, -0.1) is 34.0 Å². The molecule has 0 aliphatic heterocycles. The predicted octanol–water partition coefficient (Wildman–Crippen LogP) is 3.71. The van der Waals surface area contributed by atoms with Gasteiger partial charge in [0, 0.05) is 52.4 Å². The van der Waals surface area contributed by atoms with Gasteiger partial charge in [-0.25, -0.2) is 15.0 Å². The number of rotatable bonds is 5. The topological polar surface area (TPSA) is 60.9 Å². The second-order valence-electron chi connectivity index (χ2n) is 5.91. The van der Waals surface area contributed by atoms with Crippen molar-refractivity contribution in [1.29, 1.82) is 0 Å². The van der Waals surface area contributed by atoms with Crippen molar-refractivity contribution in [2.45, 2.75) is 27.2 Å². The Bertz CT molecular complexity index is 1090. The number of imidazole rings is 1. The molecule has 4 aromatic rings. The summed E-state index contributed by atoms with van der Waals surface area (Å²) in [6, 6.07) is 0. The largest absolute Gasteiger partial charge is 0.282 e. The molecule has 0 aromatic carbocycles. The molecule has 134 valence electrons. The summed E-state index contributed by atoms with van der Waals surface area (Å²) < 4.78 is 4.05. The Labute approximate surface area is 163 Å². The van der Waals surface area contributed by atoms with E-state index >= 15 is 0 Å². The molecule has 9 heteroatoms. The fourth-order valence-electron chi connectivity index (χ4n) is 2.48. The summed E-state index contributed by atoms with van der Waals surface area (Å²) in [5, 5.41) is 1.91. The second kappa shape index (κ2) is 7.26. The average molecular weight is 403 g/mol. The number of hydrogen-bond acceptors (Lipinski definition) is 7. The van der Waals surface area contributed by atoms with Gasteiger partial charge in [-0.3, -0.25) is 14.1 Å². The molecular formula is C17H18N6S3. The molecule has 4 heterocycles. The second-order valence-corrected chi connectivity index (χ2v) is 9.55. The van der Waals surface area contributed by atoms with Gasteiger partial charge in [0.05, 0.1) is 5.69 Å². The van der Waals surface area contributed by atoms with E-state index in [1.54, 1.807) is 34.0 Å². The fourth-order valence-corrected chi connectivity index (χ4v) is 4.82. The molecule has 26 heavy (non-hydrogen) atoms. The molecule has 0 saturated carbocycles. The van der Waals surface area contributed by atoms with Crippen LogP contribution in [-0.4, -0.2) is 30.6 Å². The van der Waals surface area contributed by atoms with Gasteiger partial charge in [-0.1, -0.05) is 0 Å². The summed E-state index contributed by atoms with van der Waals surface area (Å²) in [4.78, 5) is 22.7. The first kappa shape index (κ1) is 17.3. The zero-order valence-corrected chi connectivity index (χ0v) is 17.2. The number of hydrogen-bond donors (Lipinski definition) is 0. The Morgan fingerprint density at radius 2 is 1.62 bits per heavy atom. The molecular weight excluding hydrogens is 384 g/mol. The van der Waals surface area contributed by atoms with Gasteiger partial charge >= 0.3 is 0 Å². The Morgan fingerprint density at radius 1 is 0.885 bits per heavy atom. The van der Waals surface area contributed by atoms with E-state index in [2.05, 4.69) is 46.5 Å². The van der Waals surface area contributed by atoms with E-state index in [1.165, 1.54) is 14.6 Å². The van der Waals surface area contributed by atoms with Crippen molar-refractivity contribution in [3.8, 4) is 10.3 Å². The minimum atomic E-state index is 0.693. The molecule has 4 aromatic heterocycles. The molecule has 0 fully saturated rings. The summed E-state index contributed by atoms with van der Waals surface area (Å²) in [7, 11) is 0. The summed E-state index contributed by atoms with van der Waals surface area (Å²) in [5.41, 5.74) is 1.02. The van der Waals surface area contributed by atoms with Crippen LogP contribution in [0.15, 0.2) is 36.1 Å². The van der Waals surface area contributed by atoms with Gasteiger partial charge < -0.3 is 0 Å².